The molecule has 0 N–H and O–H groups in total. The zero-order chi connectivity index (χ0) is 13.4. The lowest BCUT2D eigenvalue weighted by atomic mass is 9.76. The largest absolute Gasteiger partial charge is 0.534 e. The smallest absolute Gasteiger partial charge is 0.381 e. The Morgan fingerprint density at radius 2 is 2.06 bits per heavy atom. The van der Waals surface area contributed by atoms with E-state index in [1.807, 2.05) is 0 Å². The second-order valence-corrected chi connectivity index (χ2v) is 6.20. The molecule has 0 amide bonds. The molecule has 0 aromatic rings. The molecule has 1 spiro atoms. The maximum absolute atomic E-state index is 12.1. The van der Waals surface area contributed by atoms with E-state index in [-0.39, 0.29) is 17.6 Å². The van der Waals surface area contributed by atoms with Crippen LogP contribution in [-0.4, -0.2) is 27.1 Å². The minimum Gasteiger partial charge on any atom is -0.381 e. The Kier molecular flexibility index (Phi) is 3.35. The SMILES string of the molecule is O=S(=O)(OC1=CC[C@@]2(CCOC2)CC1)C(F)(F)F. The third kappa shape index (κ3) is 2.64. The van der Waals surface area contributed by atoms with E-state index in [1.165, 1.54) is 6.08 Å². The van der Waals surface area contributed by atoms with Gasteiger partial charge in [-0.2, -0.15) is 21.6 Å². The second kappa shape index (κ2) is 4.41. The summed E-state index contributed by atoms with van der Waals surface area (Å²) < 4.78 is 67.4. The molecule has 2 aliphatic rings. The Morgan fingerprint density at radius 1 is 1.33 bits per heavy atom. The number of rotatable bonds is 2. The third-order valence-corrected chi connectivity index (χ3v) is 4.35. The van der Waals surface area contributed by atoms with Crippen LogP contribution in [0.1, 0.15) is 25.7 Å². The van der Waals surface area contributed by atoms with Crippen LogP contribution in [0.5, 0.6) is 0 Å². The first-order valence-electron chi connectivity index (χ1n) is 5.52. The maximum atomic E-state index is 12.1. The quantitative estimate of drug-likeness (QED) is 0.577. The Balaban J connectivity index is 2.03. The lowest BCUT2D eigenvalue weighted by Gasteiger charge is -2.30. The predicted octanol–water partition coefficient (Wildman–Crippen LogP) is 2.33. The lowest BCUT2D eigenvalue weighted by Crippen LogP contribution is -2.28. The van der Waals surface area contributed by atoms with Crippen molar-refractivity contribution in [2.75, 3.05) is 13.2 Å². The van der Waals surface area contributed by atoms with Crippen LogP contribution in [0.15, 0.2) is 11.8 Å². The van der Waals surface area contributed by atoms with Crippen molar-refractivity contribution in [1.29, 1.82) is 0 Å². The van der Waals surface area contributed by atoms with Gasteiger partial charge in [0.05, 0.1) is 6.61 Å². The summed E-state index contributed by atoms with van der Waals surface area (Å²) in [5.41, 5.74) is -5.42. The zero-order valence-electron chi connectivity index (χ0n) is 9.50. The van der Waals surface area contributed by atoms with Gasteiger partial charge < -0.3 is 8.92 Å². The van der Waals surface area contributed by atoms with Crippen LogP contribution in [0.2, 0.25) is 0 Å². The topological polar surface area (TPSA) is 52.6 Å². The van der Waals surface area contributed by atoms with Crippen LogP contribution in [-0.2, 0) is 19.0 Å². The summed E-state index contributed by atoms with van der Waals surface area (Å²) in [7, 11) is -5.53. The van der Waals surface area contributed by atoms with E-state index >= 15 is 0 Å². The molecule has 0 bridgehead atoms. The molecule has 18 heavy (non-hydrogen) atoms. The monoisotopic (exact) mass is 286 g/mol. The van der Waals surface area contributed by atoms with Crippen molar-refractivity contribution in [2.24, 2.45) is 5.41 Å². The first-order chi connectivity index (χ1) is 8.24. The van der Waals surface area contributed by atoms with E-state index in [1.54, 1.807) is 0 Å². The molecule has 0 saturated carbocycles. The van der Waals surface area contributed by atoms with E-state index in [0.717, 1.165) is 6.42 Å². The first kappa shape index (κ1) is 13.7. The van der Waals surface area contributed by atoms with Gasteiger partial charge in [-0.1, -0.05) is 0 Å². The molecule has 2 rings (SSSR count). The first-order valence-corrected chi connectivity index (χ1v) is 6.93. The van der Waals surface area contributed by atoms with Gasteiger partial charge in [-0.05, 0) is 30.8 Å². The summed E-state index contributed by atoms with van der Waals surface area (Å²) in [6, 6.07) is 0. The van der Waals surface area contributed by atoms with Crippen LogP contribution in [0.25, 0.3) is 0 Å². The maximum Gasteiger partial charge on any atom is 0.534 e. The van der Waals surface area contributed by atoms with Crippen molar-refractivity contribution in [3.05, 3.63) is 11.8 Å². The molecular formula is C10H13F3O4S. The van der Waals surface area contributed by atoms with Crippen LogP contribution in [0, 0.1) is 5.41 Å². The van der Waals surface area contributed by atoms with E-state index < -0.39 is 15.6 Å². The van der Waals surface area contributed by atoms with Crippen molar-refractivity contribution in [2.45, 2.75) is 31.2 Å². The fourth-order valence-electron chi connectivity index (χ4n) is 2.19. The van der Waals surface area contributed by atoms with Crippen LogP contribution < -0.4 is 0 Å². The van der Waals surface area contributed by atoms with Crippen molar-refractivity contribution in [3.8, 4) is 0 Å². The van der Waals surface area contributed by atoms with Gasteiger partial charge in [0.2, 0.25) is 0 Å². The third-order valence-electron chi connectivity index (χ3n) is 3.35. The highest BCUT2D eigenvalue weighted by molar-refractivity contribution is 7.87. The molecule has 0 radical (unpaired) electrons. The fraction of sp³-hybridized carbons (Fsp3) is 0.800. The highest BCUT2D eigenvalue weighted by Crippen LogP contribution is 2.43. The molecule has 1 atom stereocenters. The summed E-state index contributed by atoms with van der Waals surface area (Å²) in [4.78, 5) is 0. The van der Waals surface area contributed by atoms with Crippen molar-refractivity contribution < 1.29 is 30.5 Å². The summed E-state index contributed by atoms with van der Waals surface area (Å²) in [6.45, 7) is 1.22. The second-order valence-electron chi connectivity index (χ2n) is 4.66. The number of ether oxygens (including phenoxy) is 1. The number of allylic oxidation sites excluding steroid dienone is 2. The number of hydrogen-bond donors (Lipinski definition) is 0. The number of alkyl halides is 3. The number of halogens is 3. The van der Waals surface area contributed by atoms with Gasteiger partial charge in [0.15, 0.2) is 0 Å². The average Bonchev–Trinajstić information content (AvgIpc) is 2.69. The van der Waals surface area contributed by atoms with E-state index in [4.69, 9.17) is 4.74 Å². The van der Waals surface area contributed by atoms with Gasteiger partial charge in [-0.25, -0.2) is 0 Å². The Hall–Kier alpha value is -0.760. The molecule has 0 aromatic carbocycles. The Labute approximate surface area is 103 Å². The van der Waals surface area contributed by atoms with Gasteiger partial charge in [0, 0.05) is 13.0 Å². The van der Waals surface area contributed by atoms with Crippen molar-refractivity contribution >= 4 is 10.1 Å². The molecule has 1 aliphatic carbocycles. The summed E-state index contributed by atoms with van der Waals surface area (Å²) in [5.74, 6) is -0.121. The van der Waals surface area contributed by atoms with Gasteiger partial charge in [-0.15, -0.1) is 0 Å². The molecule has 0 aromatic heterocycles. The highest BCUT2D eigenvalue weighted by atomic mass is 32.2. The minimum atomic E-state index is -5.53. The standard InChI is InChI=1S/C10H13F3O4S/c11-10(12,13)18(14,15)17-8-1-3-9(4-2-8)5-6-16-7-9/h1H,2-7H2/t9-/m0/s1. The van der Waals surface area contributed by atoms with E-state index in [0.29, 0.717) is 26.1 Å². The zero-order valence-corrected chi connectivity index (χ0v) is 10.3. The van der Waals surface area contributed by atoms with Crippen molar-refractivity contribution in [3.63, 3.8) is 0 Å². The van der Waals surface area contributed by atoms with Crippen molar-refractivity contribution in [1.82, 2.24) is 0 Å². The minimum absolute atomic E-state index is 0.0468. The molecular weight excluding hydrogens is 273 g/mol. The van der Waals surface area contributed by atoms with E-state index in [9.17, 15) is 21.6 Å². The van der Waals surface area contributed by atoms with E-state index in [2.05, 4.69) is 4.18 Å². The Morgan fingerprint density at radius 3 is 2.50 bits per heavy atom. The molecule has 8 heteroatoms. The molecule has 1 saturated heterocycles. The average molecular weight is 286 g/mol. The molecule has 104 valence electrons. The normalized spacial score (nSPS) is 29.4. The van der Waals surface area contributed by atoms with Gasteiger partial charge in [0.1, 0.15) is 5.76 Å². The summed E-state index contributed by atoms with van der Waals surface area (Å²) in [6.07, 6.45) is 3.56. The van der Waals surface area contributed by atoms with Crippen LogP contribution >= 0.6 is 0 Å². The van der Waals surface area contributed by atoms with Gasteiger partial charge in [-0.3, -0.25) is 0 Å². The van der Waals surface area contributed by atoms with Gasteiger partial charge in [0.25, 0.3) is 0 Å². The van der Waals surface area contributed by atoms with Crippen LogP contribution in [0.4, 0.5) is 13.2 Å². The Bertz CT molecular complexity index is 446. The molecule has 1 heterocycles. The molecule has 0 unspecified atom stereocenters. The molecule has 4 nitrogen and oxygen atoms in total. The number of hydrogen-bond acceptors (Lipinski definition) is 4. The molecule has 1 aliphatic heterocycles. The summed E-state index contributed by atoms with van der Waals surface area (Å²) in [5, 5.41) is 0. The van der Waals surface area contributed by atoms with Gasteiger partial charge >= 0.3 is 15.6 Å². The highest BCUT2D eigenvalue weighted by Gasteiger charge is 2.49. The summed E-state index contributed by atoms with van der Waals surface area (Å²) >= 11 is 0. The predicted molar refractivity (Wildman–Crippen MR) is 55.9 cm³/mol. The lowest BCUT2D eigenvalue weighted by molar-refractivity contribution is -0.0525. The van der Waals surface area contributed by atoms with Crippen LogP contribution in [0.3, 0.4) is 0 Å². The fourth-order valence-corrected chi connectivity index (χ4v) is 2.72. The molecule has 1 fully saturated rings.